The highest BCUT2D eigenvalue weighted by atomic mass is 32.1. The van der Waals surface area contributed by atoms with Gasteiger partial charge in [-0.2, -0.15) is 0 Å². The lowest BCUT2D eigenvalue weighted by atomic mass is 10.1. The number of aromatic nitrogens is 1. The highest BCUT2D eigenvalue weighted by molar-refractivity contribution is 7.13. The van der Waals surface area contributed by atoms with Crippen LogP contribution in [-0.2, 0) is 6.42 Å². The largest absolute Gasteiger partial charge is 0.493 e. The molecule has 0 saturated heterocycles. The number of hydrogen-bond acceptors (Lipinski definition) is 4. The van der Waals surface area contributed by atoms with E-state index in [1.165, 1.54) is 22.5 Å². The second kappa shape index (κ2) is 6.05. The molecule has 1 heterocycles. The van der Waals surface area contributed by atoms with Crippen molar-refractivity contribution < 1.29 is 4.74 Å². The Morgan fingerprint density at radius 3 is 2.45 bits per heavy atom. The number of hydrogen-bond donors (Lipinski definition) is 2. The zero-order valence-corrected chi connectivity index (χ0v) is 12.8. The molecule has 106 valence electrons. The Hall–Kier alpha value is -1.88. The minimum Gasteiger partial charge on any atom is -0.493 e. The Bertz CT molecular complexity index is 614. The number of ether oxygens (including phenoxy) is 1. The summed E-state index contributed by atoms with van der Waals surface area (Å²) in [4.78, 5) is 5.17. The van der Waals surface area contributed by atoms with Crippen molar-refractivity contribution >= 4 is 17.2 Å². The summed E-state index contributed by atoms with van der Waals surface area (Å²) in [7, 11) is 0. The first-order valence-electron chi connectivity index (χ1n) is 6.47. The SMILES string of the molecule is Cc1cc(C)cc(OCCc2nc(C)c(C(=N)N)s2)c1. The predicted molar refractivity (Wildman–Crippen MR) is 83.0 cm³/mol. The van der Waals surface area contributed by atoms with E-state index < -0.39 is 0 Å². The van der Waals surface area contributed by atoms with Gasteiger partial charge in [-0.15, -0.1) is 11.3 Å². The summed E-state index contributed by atoms with van der Waals surface area (Å²) >= 11 is 1.47. The van der Waals surface area contributed by atoms with Gasteiger partial charge in [0.2, 0.25) is 0 Å². The molecule has 5 heteroatoms. The molecule has 20 heavy (non-hydrogen) atoms. The van der Waals surface area contributed by atoms with Gasteiger partial charge in [-0.1, -0.05) is 6.07 Å². The topological polar surface area (TPSA) is 72.0 Å². The van der Waals surface area contributed by atoms with E-state index in [4.69, 9.17) is 15.9 Å². The fraction of sp³-hybridized carbons (Fsp3) is 0.333. The quantitative estimate of drug-likeness (QED) is 0.656. The summed E-state index contributed by atoms with van der Waals surface area (Å²) in [6.45, 7) is 6.57. The molecule has 1 aromatic carbocycles. The van der Waals surface area contributed by atoms with E-state index in [1.807, 2.05) is 19.1 Å². The zero-order valence-electron chi connectivity index (χ0n) is 12.0. The number of thiazole rings is 1. The van der Waals surface area contributed by atoms with Gasteiger partial charge in [-0.3, -0.25) is 5.41 Å². The molecule has 1 aromatic heterocycles. The summed E-state index contributed by atoms with van der Waals surface area (Å²) in [5.74, 6) is 0.976. The lowest BCUT2D eigenvalue weighted by Gasteiger charge is -2.07. The molecular weight excluding hydrogens is 270 g/mol. The molecule has 0 radical (unpaired) electrons. The Morgan fingerprint density at radius 1 is 1.25 bits per heavy atom. The van der Waals surface area contributed by atoms with Crippen LogP contribution in [0.15, 0.2) is 18.2 Å². The van der Waals surface area contributed by atoms with Gasteiger partial charge >= 0.3 is 0 Å². The molecule has 0 atom stereocenters. The normalized spacial score (nSPS) is 10.6. The fourth-order valence-electron chi connectivity index (χ4n) is 2.08. The predicted octanol–water partition coefficient (Wildman–Crippen LogP) is 2.97. The van der Waals surface area contributed by atoms with Crippen LogP contribution >= 0.6 is 11.3 Å². The number of nitrogen functional groups attached to an aromatic ring is 1. The molecule has 0 amide bonds. The molecule has 0 aliphatic rings. The first-order valence-corrected chi connectivity index (χ1v) is 7.29. The monoisotopic (exact) mass is 289 g/mol. The second-order valence-electron chi connectivity index (χ2n) is 4.86. The highest BCUT2D eigenvalue weighted by Crippen LogP contribution is 2.19. The van der Waals surface area contributed by atoms with Crippen molar-refractivity contribution in [2.24, 2.45) is 5.73 Å². The van der Waals surface area contributed by atoms with Crippen LogP contribution in [0.25, 0.3) is 0 Å². The maximum absolute atomic E-state index is 7.47. The Morgan fingerprint density at radius 2 is 1.90 bits per heavy atom. The molecule has 0 spiro atoms. The fourth-order valence-corrected chi connectivity index (χ4v) is 2.99. The Kier molecular flexibility index (Phi) is 4.39. The smallest absolute Gasteiger partial charge is 0.135 e. The minimum absolute atomic E-state index is 0.0847. The number of benzene rings is 1. The van der Waals surface area contributed by atoms with E-state index in [2.05, 4.69) is 24.9 Å². The number of amidine groups is 1. The average molecular weight is 289 g/mol. The van der Waals surface area contributed by atoms with Crippen LogP contribution in [0, 0.1) is 26.2 Å². The number of aryl methyl sites for hydroxylation is 3. The van der Waals surface area contributed by atoms with E-state index in [9.17, 15) is 0 Å². The highest BCUT2D eigenvalue weighted by Gasteiger charge is 2.09. The van der Waals surface area contributed by atoms with Gasteiger partial charge in [0.15, 0.2) is 0 Å². The van der Waals surface area contributed by atoms with Gasteiger partial charge in [0, 0.05) is 6.42 Å². The number of nitrogens with zero attached hydrogens (tertiary/aromatic N) is 1. The molecule has 0 unspecified atom stereocenters. The van der Waals surface area contributed by atoms with Crippen LogP contribution in [0.5, 0.6) is 5.75 Å². The van der Waals surface area contributed by atoms with Crippen LogP contribution in [0.2, 0.25) is 0 Å². The van der Waals surface area contributed by atoms with E-state index >= 15 is 0 Å². The van der Waals surface area contributed by atoms with Crippen LogP contribution in [0.4, 0.5) is 0 Å². The van der Waals surface area contributed by atoms with Gasteiger partial charge in [-0.05, 0) is 44.0 Å². The van der Waals surface area contributed by atoms with Crippen LogP contribution < -0.4 is 10.5 Å². The molecule has 3 N–H and O–H groups in total. The van der Waals surface area contributed by atoms with Crippen LogP contribution in [-0.4, -0.2) is 17.4 Å². The van der Waals surface area contributed by atoms with E-state index in [-0.39, 0.29) is 5.84 Å². The van der Waals surface area contributed by atoms with Gasteiger partial charge in [-0.25, -0.2) is 4.98 Å². The molecule has 0 aliphatic heterocycles. The van der Waals surface area contributed by atoms with Crippen molar-refractivity contribution in [3.63, 3.8) is 0 Å². The lowest BCUT2D eigenvalue weighted by Crippen LogP contribution is -2.10. The van der Waals surface area contributed by atoms with E-state index in [0.29, 0.717) is 6.61 Å². The minimum atomic E-state index is 0.0847. The first kappa shape index (κ1) is 14.5. The first-order chi connectivity index (χ1) is 9.45. The van der Waals surface area contributed by atoms with Gasteiger partial charge in [0.05, 0.1) is 22.2 Å². The third kappa shape index (κ3) is 3.57. The summed E-state index contributed by atoms with van der Waals surface area (Å²) in [5.41, 5.74) is 8.72. The van der Waals surface area contributed by atoms with Crippen molar-refractivity contribution in [2.45, 2.75) is 27.2 Å². The lowest BCUT2D eigenvalue weighted by molar-refractivity contribution is 0.321. The van der Waals surface area contributed by atoms with E-state index in [1.54, 1.807) is 0 Å². The second-order valence-corrected chi connectivity index (χ2v) is 5.94. The zero-order chi connectivity index (χ0) is 14.7. The van der Waals surface area contributed by atoms with Gasteiger partial charge < -0.3 is 10.5 Å². The van der Waals surface area contributed by atoms with Crippen LogP contribution in [0.1, 0.15) is 26.7 Å². The summed E-state index contributed by atoms with van der Waals surface area (Å²) in [5, 5.41) is 8.42. The molecule has 0 fully saturated rings. The number of nitrogens with two attached hydrogens (primary N) is 1. The van der Waals surface area contributed by atoms with Gasteiger partial charge in [0.25, 0.3) is 0 Å². The van der Waals surface area contributed by atoms with Crippen LogP contribution in [0.3, 0.4) is 0 Å². The molecule has 2 aromatic rings. The molecule has 0 bridgehead atoms. The van der Waals surface area contributed by atoms with Crippen molar-refractivity contribution in [3.8, 4) is 5.75 Å². The molecule has 0 aliphatic carbocycles. The molecule has 0 saturated carbocycles. The van der Waals surface area contributed by atoms with Crippen molar-refractivity contribution in [1.82, 2.24) is 4.98 Å². The Balaban J connectivity index is 1.96. The van der Waals surface area contributed by atoms with E-state index in [0.717, 1.165) is 27.7 Å². The third-order valence-electron chi connectivity index (χ3n) is 2.87. The van der Waals surface area contributed by atoms with Crippen molar-refractivity contribution in [3.05, 3.63) is 44.9 Å². The maximum Gasteiger partial charge on any atom is 0.135 e. The number of nitrogens with one attached hydrogen (secondary N) is 1. The van der Waals surface area contributed by atoms with Crippen molar-refractivity contribution in [2.75, 3.05) is 6.61 Å². The molecule has 4 nitrogen and oxygen atoms in total. The standard InChI is InChI=1S/C15H19N3OS/c1-9-6-10(2)8-12(7-9)19-5-4-13-18-11(3)14(20-13)15(16)17/h6-8H,4-5H2,1-3H3,(H3,16,17). The molecular formula is C15H19N3OS. The molecule has 2 rings (SSSR count). The average Bonchev–Trinajstić information content (AvgIpc) is 2.69. The third-order valence-corrected chi connectivity index (χ3v) is 4.12. The maximum atomic E-state index is 7.47. The number of rotatable bonds is 5. The summed E-state index contributed by atoms with van der Waals surface area (Å²) < 4.78 is 5.76. The van der Waals surface area contributed by atoms with Gasteiger partial charge in [0.1, 0.15) is 11.6 Å². The summed E-state index contributed by atoms with van der Waals surface area (Å²) in [6, 6.07) is 6.18. The Labute approximate surface area is 123 Å². The summed E-state index contributed by atoms with van der Waals surface area (Å²) in [6.07, 6.45) is 0.728. The van der Waals surface area contributed by atoms with Crippen molar-refractivity contribution in [1.29, 1.82) is 5.41 Å².